The third-order valence-corrected chi connectivity index (χ3v) is 4.96. The molecule has 2 aromatic heterocycles. The van der Waals surface area contributed by atoms with Crippen LogP contribution in [0.25, 0.3) is 17.2 Å². The number of hydrogen-bond acceptors (Lipinski definition) is 5. The quantitative estimate of drug-likeness (QED) is 0.667. The van der Waals surface area contributed by atoms with Crippen LogP contribution in [0.2, 0.25) is 0 Å². The summed E-state index contributed by atoms with van der Waals surface area (Å²) in [5, 5.41) is 6.38. The molecule has 1 aliphatic heterocycles. The number of nitrogens with zero attached hydrogens (tertiary/aromatic N) is 6. The Morgan fingerprint density at radius 2 is 1.93 bits per heavy atom. The van der Waals surface area contributed by atoms with Gasteiger partial charge in [-0.05, 0) is 18.9 Å². The average Bonchev–Trinajstić information content (AvgIpc) is 3.10. The molecule has 0 aliphatic carbocycles. The van der Waals surface area contributed by atoms with Crippen molar-refractivity contribution in [3.05, 3.63) is 62.8 Å². The third kappa shape index (κ3) is 3.30. The van der Waals surface area contributed by atoms with Gasteiger partial charge in [0.05, 0.1) is 18.8 Å². The zero-order valence-corrected chi connectivity index (χ0v) is 16.9. The van der Waals surface area contributed by atoms with Crippen LogP contribution in [0.3, 0.4) is 0 Å². The van der Waals surface area contributed by atoms with E-state index in [0.717, 1.165) is 11.3 Å². The molecule has 0 amide bonds. The predicted octanol–water partition coefficient (Wildman–Crippen LogP) is 2.22. The molecule has 0 N–H and O–H groups in total. The third-order valence-electron chi connectivity index (χ3n) is 4.96. The van der Waals surface area contributed by atoms with E-state index in [4.69, 9.17) is 0 Å². The lowest BCUT2D eigenvalue weighted by Crippen LogP contribution is -2.40. The van der Waals surface area contributed by atoms with Gasteiger partial charge in [-0.25, -0.2) is 9.80 Å². The van der Waals surface area contributed by atoms with Crippen LogP contribution in [0.4, 0.5) is 5.95 Å². The van der Waals surface area contributed by atoms with Crippen molar-refractivity contribution >= 4 is 28.9 Å². The highest BCUT2D eigenvalue weighted by molar-refractivity contribution is 5.87. The summed E-state index contributed by atoms with van der Waals surface area (Å²) in [6.07, 6.45) is 4.74. The molecule has 29 heavy (non-hydrogen) atoms. The molecule has 150 valence electrons. The summed E-state index contributed by atoms with van der Waals surface area (Å²) in [7, 11) is 1.66. The van der Waals surface area contributed by atoms with Gasteiger partial charge in [0, 0.05) is 13.6 Å². The Bertz CT molecular complexity index is 1230. The summed E-state index contributed by atoms with van der Waals surface area (Å²) in [5.74, 6) is 0.574. The molecule has 0 bridgehead atoms. The number of anilines is 1. The topological polar surface area (TPSA) is 77.4 Å². The van der Waals surface area contributed by atoms with Crippen molar-refractivity contribution in [2.45, 2.75) is 33.4 Å². The summed E-state index contributed by atoms with van der Waals surface area (Å²) in [5.41, 5.74) is 2.18. The number of rotatable bonds is 5. The molecule has 8 heteroatoms. The summed E-state index contributed by atoms with van der Waals surface area (Å²) in [4.78, 5) is 30.3. The number of benzene rings is 1. The molecule has 0 saturated carbocycles. The van der Waals surface area contributed by atoms with Crippen molar-refractivity contribution in [1.82, 2.24) is 18.7 Å². The van der Waals surface area contributed by atoms with E-state index in [-0.39, 0.29) is 11.2 Å². The standard InChI is InChI=1S/C21H24N6O2/c1-4-12-25-19(28)17-18(24(3)21(25)29)22-20-26(17)14-15(2)23-27(20)13-8-11-16-9-6-5-7-10-16/h5-11H,4,12-14H2,1-3H3. The SMILES string of the molecule is CCCn1c(=O)c2c(nc3n2CC(C)=NN3CC=Cc2ccccc2)n(C)c1=O. The second kappa shape index (κ2) is 7.54. The van der Waals surface area contributed by atoms with Gasteiger partial charge in [-0.3, -0.25) is 18.5 Å². The number of aryl methyl sites for hydroxylation is 1. The number of hydrogen-bond donors (Lipinski definition) is 0. The van der Waals surface area contributed by atoms with Gasteiger partial charge < -0.3 is 0 Å². The number of hydrazone groups is 1. The van der Waals surface area contributed by atoms with Gasteiger partial charge in [0.2, 0.25) is 5.95 Å². The van der Waals surface area contributed by atoms with E-state index in [9.17, 15) is 9.59 Å². The minimum atomic E-state index is -0.340. The Labute approximate surface area is 168 Å². The van der Waals surface area contributed by atoms with Crippen molar-refractivity contribution in [1.29, 1.82) is 0 Å². The van der Waals surface area contributed by atoms with Gasteiger partial charge in [0.1, 0.15) is 0 Å². The Hall–Kier alpha value is -3.42. The van der Waals surface area contributed by atoms with Crippen LogP contribution in [0, 0.1) is 0 Å². The van der Waals surface area contributed by atoms with Crippen LogP contribution in [0.5, 0.6) is 0 Å². The zero-order chi connectivity index (χ0) is 20.5. The molecule has 0 spiro atoms. The first-order valence-electron chi connectivity index (χ1n) is 9.74. The van der Waals surface area contributed by atoms with Crippen molar-refractivity contribution in [3.63, 3.8) is 0 Å². The van der Waals surface area contributed by atoms with E-state index in [2.05, 4.69) is 10.1 Å². The maximum absolute atomic E-state index is 13.1. The lowest BCUT2D eigenvalue weighted by Gasteiger charge is -2.23. The molecular formula is C21H24N6O2. The highest BCUT2D eigenvalue weighted by atomic mass is 16.2. The van der Waals surface area contributed by atoms with Crippen molar-refractivity contribution in [2.24, 2.45) is 12.1 Å². The van der Waals surface area contributed by atoms with E-state index in [0.29, 0.717) is 43.2 Å². The van der Waals surface area contributed by atoms with E-state index < -0.39 is 0 Å². The normalized spacial score (nSPS) is 13.9. The van der Waals surface area contributed by atoms with Crippen molar-refractivity contribution < 1.29 is 0 Å². The maximum atomic E-state index is 13.1. The van der Waals surface area contributed by atoms with Gasteiger partial charge in [-0.1, -0.05) is 49.4 Å². The highest BCUT2D eigenvalue weighted by Gasteiger charge is 2.25. The molecule has 1 aromatic carbocycles. The monoisotopic (exact) mass is 392 g/mol. The molecule has 8 nitrogen and oxygen atoms in total. The van der Waals surface area contributed by atoms with Crippen molar-refractivity contribution in [3.8, 4) is 0 Å². The largest absolute Gasteiger partial charge is 0.332 e. The Morgan fingerprint density at radius 1 is 1.17 bits per heavy atom. The minimum absolute atomic E-state index is 0.293. The summed E-state index contributed by atoms with van der Waals surface area (Å²) in [6, 6.07) is 10.0. The lowest BCUT2D eigenvalue weighted by molar-refractivity contribution is 0.591. The number of fused-ring (bicyclic) bond motifs is 3. The molecule has 0 fully saturated rings. The minimum Gasteiger partial charge on any atom is -0.297 e. The van der Waals surface area contributed by atoms with E-state index in [1.54, 1.807) is 12.1 Å². The van der Waals surface area contributed by atoms with Crippen LogP contribution in [-0.2, 0) is 20.1 Å². The summed E-state index contributed by atoms with van der Waals surface area (Å²) in [6.45, 7) is 5.24. The van der Waals surface area contributed by atoms with Gasteiger partial charge in [-0.2, -0.15) is 10.1 Å². The number of imidazole rings is 1. The average molecular weight is 392 g/mol. The Morgan fingerprint density at radius 3 is 2.66 bits per heavy atom. The van der Waals surface area contributed by atoms with Crippen LogP contribution >= 0.6 is 0 Å². The number of aromatic nitrogens is 4. The molecule has 0 atom stereocenters. The molecule has 0 unspecified atom stereocenters. The molecule has 4 rings (SSSR count). The lowest BCUT2D eigenvalue weighted by atomic mass is 10.2. The van der Waals surface area contributed by atoms with Crippen LogP contribution in [-0.4, -0.2) is 30.9 Å². The summed E-state index contributed by atoms with van der Waals surface area (Å²) >= 11 is 0. The van der Waals surface area contributed by atoms with Gasteiger partial charge in [-0.15, -0.1) is 0 Å². The Kier molecular flexibility index (Phi) is 4.92. The van der Waals surface area contributed by atoms with Gasteiger partial charge >= 0.3 is 5.69 Å². The summed E-state index contributed by atoms with van der Waals surface area (Å²) < 4.78 is 4.60. The van der Waals surface area contributed by atoms with E-state index in [1.165, 1.54) is 9.13 Å². The van der Waals surface area contributed by atoms with Crippen LogP contribution < -0.4 is 16.3 Å². The fraction of sp³-hybridized carbons (Fsp3) is 0.333. The fourth-order valence-corrected chi connectivity index (χ4v) is 3.61. The van der Waals surface area contributed by atoms with E-state index in [1.807, 2.05) is 60.9 Å². The van der Waals surface area contributed by atoms with Gasteiger partial charge in [0.25, 0.3) is 5.56 Å². The molecule has 3 heterocycles. The molecule has 0 saturated heterocycles. The van der Waals surface area contributed by atoms with Crippen molar-refractivity contribution in [2.75, 3.05) is 11.6 Å². The first-order chi connectivity index (χ1) is 14.0. The van der Waals surface area contributed by atoms with Crippen LogP contribution in [0.1, 0.15) is 25.8 Å². The zero-order valence-electron chi connectivity index (χ0n) is 16.9. The highest BCUT2D eigenvalue weighted by Crippen LogP contribution is 2.23. The Balaban J connectivity index is 1.79. The smallest absolute Gasteiger partial charge is 0.297 e. The first-order valence-corrected chi connectivity index (χ1v) is 9.74. The molecule has 1 aliphatic rings. The molecular weight excluding hydrogens is 368 g/mol. The fourth-order valence-electron chi connectivity index (χ4n) is 3.61. The van der Waals surface area contributed by atoms with E-state index >= 15 is 0 Å². The second-order valence-corrected chi connectivity index (χ2v) is 7.20. The first kappa shape index (κ1) is 18.9. The second-order valence-electron chi connectivity index (χ2n) is 7.20. The van der Waals surface area contributed by atoms with Gasteiger partial charge in [0.15, 0.2) is 11.2 Å². The molecule has 0 radical (unpaired) electrons. The van der Waals surface area contributed by atoms with Crippen LogP contribution in [0.15, 0.2) is 51.1 Å². The molecule has 3 aromatic rings. The predicted molar refractivity (Wildman–Crippen MR) is 115 cm³/mol. The maximum Gasteiger partial charge on any atom is 0.332 e.